The van der Waals surface area contributed by atoms with Crippen molar-refractivity contribution in [2.45, 2.75) is 39.0 Å². The number of nitrogens with zero attached hydrogens (tertiary/aromatic N) is 6. The summed E-state index contributed by atoms with van der Waals surface area (Å²) in [6.45, 7) is 7.77. The molecule has 0 saturated carbocycles. The number of morpholine rings is 1. The number of hydrogen-bond donors (Lipinski definition) is 3. The molecule has 11 nitrogen and oxygen atoms in total. The number of H-pyrrole nitrogens is 2. The fourth-order valence-electron chi connectivity index (χ4n) is 5.06. The van der Waals surface area contributed by atoms with Crippen LogP contribution in [0.3, 0.4) is 0 Å². The largest absolute Gasteiger partial charge is 0.373 e. The quantitative estimate of drug-likeness (QED) is 0.336. The molecule has 1 aliphatic heterocycles. The molecule has 1 aromatic carbocycles. The van der Waals surface area contributed by atoms with Crippen LogP contribution in [0.25, 0.3) is 33.5 Å². The van der Waals surface area contributed by atoms with Crippen molar-refractivity contribution in [3.05, 3.63) is 59.0 Å². The third-order valence-electron chi connectivity index (χ3n) is 6.61. The minimum Gasteiger partial charge on any atom is -0.373 e. The summed E-state index contributed by atoms with van der Waals surface area (Å²) in [5, 5.41) is 8.05. The predicted octanol–water partition coefficient (Wildman–Crippen LogP) is 3.38. The van der Waals surface area contributed by atoms with Crippen LogP contribution < -0.4 is 15.8 Å². The van der Waals surface area contributed by atoms with Gasteiger partial charge in [0.2, 0.25) is 0 Å². The standard InChI is InChI=1S/C26H29N9O2/c1-14-11-35(12-15(2)37-14)17-6-7-18-19(10-17)31-25(30-18)21-23(29-16(3)24-27-8-5-9-28-24)22-20(32-26(21)36)13-34(4)33-22/h5-10,13-16,29H,11-12H2,1-4H3,(H,30,31)(H,32,36)/t14-,15+,16?. The minimum absolute atomic E-state index is 0.157. The number of ether oxygens (including phenoxy) is 1. The van der Waals surface area contributed by atoms with Gasteiger partial charge in [0.05, 0.1) is 40.5 Å². The molecular formula is C26H29N9O2. The summed E-state index contributed by atoms with van der Waals surface area (Å²) in [6.07, 6.45) is 5.49. The van der Waals surface area contributed by atoms with Crippen LogP contribution in [0.1, 0.15) is 32.6 Å². The maximum absolute atomic E-state index is 13.4. The first-order valence-corrected chi connectivity index (χ1v) is 12.4. The number of anilines is 2. The van der Waals surface area contributed by atoms with Gasteiger partial charge in [-0.2, -0.15) is 5.10 Å². The van der Waals surface area contributed by atoms with Gasteiger partial charge in [-0.1, -0.05) is 0 Å². The van der Waals surface area contributed by atoms with E-state index in [1.807, 2.05) is 20.0 Å². The van der Waals surface area contributed by atoms with Gasteiger partial charge in [-0.3, -0.25) is 9.48 Å². The number of imidazole rings is 1. The highest BCUT2D eigenvalue weighted by atomic mass is 16.5. The average molecular weight is 500 g/mol. The molecule has 0 bridgehead atoms. The smallest absolute Gasteiger partial charge is 0.261 e. The highest BCUT2D eigenvalue weighted by Crippen LogP contribution is 2.33. The number of aromatic nitrogens is 7. The number of aryl methyl sites for hydroxylation is 1. The number of hydrogen-bond acceptors (Lipinski definition) is 8. The summed E-state index contributed by atoms with van der Waals surface area (Å²) in [7, 11) is 1.82. The van der Waals surface area contributed by atoms with E-state index in [0.29, 0.717) is 33.9 Å². The highest BCUT2D eigenvalue weighted by molar-refractivity contribution is 5.96. The number of benzene rings is 1. The van der Waals surface area contributed by atoms with Crippen LogP contribution in [0.2, 0.25) is 0 Å². The molecule has 1 aliphatic rings. The van der Waals surface area contributed by atoms with Gasteiger partial charge in [-0.25, -0.2) is 15.0 Å². The van der Waals surface area contributed by atoms with Gasteiger partial charge in [0.1, 0.15) is 22.7 Å². The summed E-state index contributed by atoms with van der Waals surface area (Å²) in [5.74, 6) is 1.08. The van der Waals surface area contributed by atoms with Crippen LogP contribution in [0.15, 0.2) is 47.7 Å². The third-order valence-corrected chi connectivity index (χ3v) is 6.61. The van der Waals surface area contributed by atoms with Crippen molar-refractivity contribution in [3.63, 3.8) is 0 Å². The van der Waals surface area contributed by atoms with E-state index in [9.17, 15) is 4.79 Å². The van der Waals surface area contributed by atoms with Crippen molar-refractivity contribution < 1.29 is 4.74 Å². The lowest BCUT2D eigenvalue weighted by molar-refractivity contribution is -0.00521. The Labute approximate surface area is 212 Å². The van der Waals surface area contributed by atoms with Gasteiger partial charge in [0.25, 0.3) is 5.56 Å². The number of pyridine rings is 1. The third kappa shape index (κ3) is 4.31. The number of rotatable bonds is 5. The zero-order valence-corrected chi connectivity index (χ0v) is 21.2. The van der Waals surface area contributed by atoms with Crippen molar-refractivity contribution >= 4 is 33.4 Å². The summed E-state index contributed by atoms with van der Waals surface area (Å²) >= 11 is 0. The van der Waals surface area contributed by atoms with Crippen LogP contribution in [-0.2, 0) is 11.8 Å². The topological polar surface area (TPSA) is 130 Å². The summed E-state index contributed by atoms with van der Waals surface area (Å²) in [4.78, 5) is 35.6. The van der Waals surface area contributed by atoms with Crippen LogP contribution in [0.4, 0.5) is 11.4 Å². The molecule has 6 rings (SSSR count). The fraction of sp³-hybridized carbons (Fsp3) is 0.346. The van der Waals surface area contributed by atoms with Gasteiger partial charge in [-0.15, -0.1) is 0 Å². The molecule has 190 valence electrons. The molecule has 1 saturated heterocycles. The molecule has 1 fully saturated rings. The van der Waals surface area contributed by atoms with Gasteiger partial charge >= 0.3 is 0 Å². The molecule has 0 radical (unpaired) electrons. The first-order valence-electron chi connectivity index (χ1n) is 12.4. The lowest BCUT2D eigenvalue weighted by Crippen LogP contribution is -2.45. The molecule has 11 heteroatoms. The maximum Gasteiger partial charge on any atom is 0.261 e. The Morgan fingerprint density at radius 2 is 1.86 bits per heavy atom. The van der Waals surface area contributed by atoms with Crippen LogP contribution in [-0.4, -0.2) is 60.0 Å². The van der Waals surface area contributed by atoms with Gasteiger partial charge in [0, 0.05) is 44.4 Å². The van der Waals surface area contributed by atoms with E-state index >= 15 is 0 Å². The van der Waals surface area contributed by atoms with E-state index in [1.165, 1.54) is 0 Å². The average Bonchev–Trinajstić information content (AvgIpc) is 3.45. The monoisotopic (exact) mass is 499 g/mol. The SMILES string of the molecule is CC(Nc1c(-c2nc3ccc(N4C[C@@H](C)O[C@@H](C)C4)cc3[nH]2)c(=O)[nH]c2cn(C)nc12)c1ncccn1. The number of nitrogens with one attached hydrogen (secondary N) is 3. The molecule has 3 N–H and O–H groups in total. The van der Waals surface area contributed by atoms with E-state index in [2.05, 4.69) is 61.2 Å². The van der Waals surface area contributed by atoms with E-state index < -0.39 is 0 Å². The molecule has 5 aromatic rings. The highest BCUT2D eigenvalue weighted by Gasteiger charge is 2.24. The second kappa shape index (κ2) is 9.00. The van der Waals surface area contributed by atoms with Crippen molar-refractivity contribution in [3.8, 4) is 11.4 Å². The Morgan fingerprint density at radius 1 is 1.11 bits per heavy atom. The fourth-order valence-corrected chi connectivity index (χ4v) is 5.06. The Morgan fingerprint density at radius 3 is 2.62 bits per heavy atom. The molecule has 0 aliphatic carbocycles. The molecule has 3 atom stereocenters. The minimum atomic E-state index is -0.270. The Bertz CT molecular complexity index is 1630. The molecule has 5 heterocycles. The normalized spacial score (nSPS) is 19.0. The Hall–Kier alpha value is -4.25. The number of fused-ring (bicyclic) bond motifs is 2. The van der Waals surface area contributed by atoms with Gasteiger partial charge in [0.15, 0.2) is 0 Å². The summed E-state index contributed by atoms with van der Waals surface area (Å²) in [6, 6.07) is 7.63. The van der Waals surface area contributed by atoms with E-state index in [0.717, 1.165) is 29.8 Å². The first-order chi connectivity index (χ1) is 17.9. The van der Waals surface area contributed by atoms with E-state index in [4.69, 9.17) is 9.72 Å². The zero-order chi connectivity index (χ0) is 25.7. The maximum atomic E-state index is 13.4. The predicted molar refractivity (Wildman–Crippen MR) is 143 cm³/mol. The lowest BCUT2D eigenvalue weighted by Gasteiger charge is -2.36. The second-order valence-corrected chi connectivity index (χ2v) is 9.69. The molecule has 37 heavy (non-hydrogen) atoms. The van der Waals surface area contributed by atoms with Crippen molar-refractivity contribution in [1.29, 1.82) is 0 Å². The van der Waals surface area contributed by atoms with Crippen LogP contribution in [0, 0.1) is 0 Å². The van der Waals surface area contributed by atoms with Crippen molar-refractivity contribution in [1.82, 2.24) is 34.7 Å². The second-order valence-electron chi connectivity index (χ2n) is 9.69. The van der Waals surface area contributed by atoms with Crippen LogP contribution >= 0.6 is 0 Å². The van der Waals surface area contributed by atoms with Crippen LogP contribution in [0.5, 0.6) is 0 Å². The van der Waals surface area contributed by atoms with Gasteiger partial charge < -0.3 is 24.9 Å². The zero-order valence-electron chi connectivity index (χ0n) is 21.2. The number of aromatic amines is 2. The molecule has 1 unspecified atom stereocenters. The Kier molecular flexibility index (Phi) is 5.64. The summed E-state index contributed by atoms with van der Waals surface area (Å²) < 4.78 is 7.57. The lowest BCUT2D eigenvalue weighted by atomic mass is 10.1. The summed E-state index contributed by atoms with van der Waals surface area (Å²) in [5.41, 5.74) is 4.69. The molecule has 4 aromatic heterocycles. The van der Waals surface area contributed by atoms with Crippen molar-refractivity contribution in [2.75, 3.05) is 23.3 Å². The molecule has 0 spiro atoms. The van der Waals surface area contributed by atoms with Gasteiger partial charge in [-0.05, 0) is 45.0 Å². The first kappa shape index (κ1) is 23.2. The molecule has 0 amide bonds. The van der Waals surface area contributed by atoms with Crippen molar-refractivity contribution in [2.24, 2.45) is 7.05 Å². The Balaban J connectivity index is 1.45. The van der Waals surface area contributed by atoms with E-state index in [-0.39, 0.29) is 23.8 Å². The molecular weight excluding hydrogens is 470 g/mol. The van der Waals surface area contributed by atoms with E-state index in [1.54, 1.807) is 29.3 Å².